The van der Waals surface area contributed by atoms with Crippen LogP contribution in [-0.4, -0.2) is 30.6 Å². The summed E-state index contributed by atoms with van der Waals surface area (Å²) in [6.45, 7) is 3.08. The lowest BCUT2D eigenvalue weighted by Crippen LogP contribution is -2.49. The molecule has 2 N–H and O–H groups in total. The number of hydrogen-bond acceptors (Lipinski definition) is 3. The topological polar surface area (TPSA) is 38.5 Å². The molecule has 2 aliphatic rings. The van der Waals surface area contributed by atoms with Gasteiger partial charge in [0.05, 0.1) is 12.1 Å². The van der Waals surface area contributed by atoms with Gasteiger partial charge in [0.2, 0.25) is 0 Å². The van der Waals surface area contributed by atoms with Gasteiger partial charge in [-0.25, -0.2) is 0 Å². The molecule has 2 aliphatic heterocycles. The molecule has 1 fully saturated rings. The number of hydrogen-bond donors (Lipinski definition) is 1. The van der Waals surface area contributed by atoms with E-state index in [0.717, 1.165) is 12.4 Å². The molecule has 1 saturated heterocycles. The van der Waals surface area contributed by atoms with E-state index >= 15 is 0 Å². The highest BCUT2D eigenvalue weighted by Gasteiger charge is 2.32. The van der Waals surface area contributed by atoms with Crippen LogP contribution < -0.4 is 10.5 Å². The SMILES string of the molecule is NC1c2ccccc2OCC1N1CCCCCCC1. The highest BCUT2D eigenvalue weighted by atomic mass is 16.5. The Morgan fingerprint density at radius 2 is 1.68 bits per heavy atom. The second kappa shape index (κ2) is 5.93. The third-order valence-corrected chi connectivity index (χ3v) is 4.46. The fourth-order valence-corrected chi connectivity index (χ4v) is 3.31. The van der Waals surface area contributed by atoms with E-state index in [-0.39, 0.29) is 6.04 Å². The van der Waals surface area contributed by atoms with Crippen LogP contribution in [0.4, 0.5) is 0 Å². The van der Waals surface area contributed by atoms with E-state index in [2.05, 4.69) is 17.0 Å². The van der Waals surface area contributed by atoms with E-state index < -0.39 is 0 Å². The van der Waals surface area contributed by atoms with Crippen LogP contribution in [0.3, 0.4) is 0 Å². The van der Waals surface area contributed by atoms with Gasteiger partial charge in [-0.3, -0.25) is 4.90 Å². The lowest BCUT2D eigenvalue weighted by atomic mass is 9.95. The van der Waals surface area contributed by atoms with Gasteiger partial charge in [-0.05, 0) is 32.0 Å². The zero-order valence-corrected chi connectivity index (χ0v) is 11.6. The van der Waals surface area contributed by atoms with Crippen molar-refractivity contribution in [3.8, 4) is 5.75 Å². The summed E-state index contributed by atoms with van der Waals surface area (Å²) in [7, 11) is 0. The molecule has 0 aliphatic carbocycles. The normalized spacial score (nSPS) is 28.9. The molecular formula is C16H24N2O. The first-order valence-electron chi connectivity index (χ1n) is 7.57. The molecule has 0 spiro atoms. The second-order valence-electron chi connectivity index (χ2n) is 5.75. The zero-order chi connectivity index (χ0) is 13.1. The van der Waals surface area contributed by atoms with Crippen LogP contribution >= 0.6 is 0 Å². The van der Waals surface area contributed by atoms with Gasteiger partial charge in [0.15, 0.2) is 0 Å². The highest BCUT2D eigenvalue weighted by Crippen LogP contribution is 2.33. The average Bonchev–Trinajstić information content (AvgIpc) is 2.40. The van der Waals surface area contributed by atoms with Gasteiger partial charge in [-0.15, -0.1) is 0 Å². The number of benzene rings is 1. The maximum atomic E-state index is 6.49. The third kappa shape index (κ3) is 2.77. The van der Waals surface area contributed by atoms with E-state index in [1.165, 1.54) is 50.8 Å². The lowest BCUT2D eigenvalue weighted by molar-refractivity contribution is 0.0902. The third-order valence-electron chi connectivity index (χ3n) is 4.46. The van der Waals surface area contributed by atoms with Crippen molar-refractivity contribution in [2.24, 2.45) is 5.73 Å². The summed E-state index contributed by atoms with van der Waals surface area (Å²) in [6.07, 6.45) is 6.70. The fourth-order valence-electron chi connectivity index (χ4n) is 3.31. The standard InChI is InChI=1S/C16H24N2O/c17-16-13-8-4-5-9-15(13)19-12-14(16)18-10-6-2-1-3-7-11-18/h4-5,8-9,14,16H,1-3,6-7,10-12,17H2. The molecule has 0 aromatic heterocycles. The van der Waals surface area contributed by atoms with Gasteiger partial charge in [-0.1, -0.05) is 37.5 Å². The lowest BCUT2D eigenvalue weighted by Gasteiger charge is -2.39. The van der Waals surface area contributed by atoms with Crippen molar-refractivity contribution in [1.29, 1.82) is 0 Å². The average molecular weight is 260 g/mol. The summed E-state index contributed by atoms with van der Waals surface area (Å²) in [5, 5.41) is 0. The molecular weight excluding hydrogens is 236 g/mol. The minimum Gasteiger partial charge on any atom is -0.492 e. The Bertz CT molecular complexity index is 413. The van der Waals surface area contributed by atoms with E-state index in [4.69, 9.17) is 10.5 Å². The van der Waals surface area contributed by atoms with Crippen LogP contribution in [0.1, 0.15) is 43.7 Å². The molecule has 3 rings (SSSR count). The van der Waals surface area contributed by atoms with Gasteiger partial charge in [0.1, 0.15) is 12.4 Å². The predicted molar refractivity (Wildman–Crippen MR) is 77.3 cm³/mol. The number of likely N-dealkylation sites (tertiary alicyclic amines) is 1. The number of para-hydroxylation sites is 1. The molecule has 104 valence electrons. The first-order valence-corrected chi connectivity index (χ1v) is 7.57. The number of nitrogens with zero attached hydrogens (tertiary/aromatic N) is 1. The predicted octanol–water partition coefficient (Wildman–Crippen LogP) is 2.71. The van der Waals surface area contributed by atoms with Gasteiger partial charge in [-0.2, -0.15) is 0 Å². The number of ether oxygens (including phenoxy) is 1. The zero-order valence-electron chi connectivity index (χ0n) is 11.6. The Hall–Kier alpha value is -1.06. The summed E-state index contributed by atoms with van der Waals surface area (Å²) in [6, 6.07) is 8.63. The highest BCUT2D eigenvalue weighted by molar-refractivity contribution is 5.38. The van der Waals surface area contributed by atoms with Gasteiger partial charge >= 0.3 is 0 Å². The molecule has 1 aromatic rings. The molecule has 2 unspecified atom stereocenters. The molecule has 0 bridgehead atoms. The van der Waals surface area contributed by atoms with Crippen LogP contribution in [0.25, 0.3) is 0 Å². The first kappa shape index (κ1) is 12.9. The van der Waals surface area contributed by atoms with Gasteiger partial charge in [0.25, 0.3) is 0 Å². The van der Waals surface area contributed by atoms with Crippen molar-refractivity contribution in [1.82, 2.24) is 4.90 Å². The Labute approximate surface area is 115 Å². The quantitative estimate of drug-likeness (QED) is 0.843. The number of rotatable bonds is 1. The first-order chi connectivity index (χ1) is 9.36. The van der Waals surface area contributed by atoms with Gasteiger partial charge in [0, 0.05) is 5.56 Å². The van der Waals surface area contributed by atoms with Crippen molar-refractivity contribution >= 4 is 0 Å². The van der Waals surface area contributed by atoms with E-state index in [1.54, 1.807) is 0 Å². The number of nitrogens with two attached hydrogens (primary N) is 1. The second-order valence-corrected chi connectivity index (χ2v) is 5.75. The van der Waals surface area contributed by atoms with Crippen LogP contribution in [0.2, 0.25) is 0 Å². The summed E-state index contributed by atoms with van der Waals surface area (Å²) < 4.78 is 5.91. The molecule has 0 amide bonds. The minimum atomic E-state index is 0.0874. The Kier molecular flexibility index (Phi) is 4.04. The molecule has 0 radical (unpaired) electrons. The number of fused-ring (bicyclic) bond motifs is 1. The van der Waals surface area contributed by atoms with Crippen LogP contribution in [0.15, 0.2) is 24.3 Å². The summed E-state index contributed by atoms with van der Waals surface area (Å²) in [5.74, 6) is 0.971. The summed E-state index contributed by atoms with van der Waals surface area (Å²) in [5.41, 5.74) is 7.66. The Morgan fingerprint density at radius 3 is 2.47 bits per heavy atom. The molecule has 2 atom stereocenters. The Balaban J connectivity index is 1.75. The Morgan fingerprint density at radius 1 is 1.00 bits per heavy atom. The van der Waals surface area contributed by atoms with Crippen molar-refractivity contribution in [3.05, 3.63) is 29.8 Å². The summed E-state index contributed by atoms with van der Waals surface area (Å²) >= 11 is 0. The molecule has 19 heavy (non-hydrogen) atoms. The van der Waals surface area contributed by atoms with Crippen LogP contribution in [0.5, 0.6) is 5.75 Å². The van der Waals surface area contributed by atoms with Crippen LogP contribution in [0, 0.1) is 0 Å². The summed E-state index contributed by atoms with van der Waals surface area (Å²) in [4.78, 5) is 2.56. The molecule has 3 nitrogen and oxygen atoms in total. The largest absolute Gasteiger partial charge is 0.492 e. The van der Waals surface area contributed by atoms with E-state index in [9.17, 15) is 0 Å². The van der Waals surface area contributed by atoms with Crippen molar-refractivity contribution in [2.75, 3.05) is 19.7 Å². The maximum Gasteiger partial charge on any atom is 0.124 e. The molecule has 2 heterocycles. The maximum absolute atomic E-state index is 6.49. The van der Waals surface area contributed by atoms with Gasteiger partial charge < -0.3 is 10.5 Å². The molecule has 3 heteroatoms. The van der Waals surface area contributed by atoms with E-state index in [0.29, 0.717) is 6.04 Å². The fraction of sp³-hybridized carbons (Fsp3) is 0.625. The van der Waals surface area contributed by atoms with Crippen molar-refractivity contribution in [2.45, 2.75) is 44.2 Å². The molecule has 1 aromatic carbocycles. The smallest absolute Gasteiger partial charge is 0.124 e. The van der Waals surface area contributed by atoms with E-state index in [1.807, 2.05) is 12.1 Å². The van der Waals surface area contributed by atoms with Crippen molar-refractivity contribution in [3.63, 3.8) is 0 Å². The van der Waals surface area contributed by atoms with Crippen molar-refractivity contribution < 1.29 is 4.74 Å². The van der Waals surface area contributed by atoms with Crippen LogP contribution in [-0.2, 0) is 0 Å². The minimum absolute atomic E-state index is 0.0874. The molecule has 0 saturated carbocycles. The monoisotopic (exact) mass is 260 g/mol.